The zero-order chi connectivity index (χ0) is 9.97. The standard InChI is InChI=1S/C10H11BrClNO/c11-7-1-2-9(12)8(5-7)10-6-14-4-3-13-10/h1-2,5,10,13H,3-4,6H2. The Morgan fingerprint density at radius 2 is 2.36 bits per heavy atom. The summed E-state index contributed by atoms with van der Waals surface area (Å²) in [6.07, 6.45) is 0. The Hall–Kier alpha value is -0.0900. The van der Waals surface area contributed by atoms with Gasteiger partial charge in [-0.25, -0.2) is 0 Å². The van der Waals surface area contributed by atoms with E-state index in [0.717, 1.165) is 28.2 Å². The molecule has 0 saturated carbocycles. The maximum atomic E-state index is 6.11. The zero-order valence-electron chi connectivity index (χ0n) is 7.59. The highest BCUT2D eigenvalue weighted by molar-refractivity contribution is 9.10. The number of ether oxygens (including phenoxy) is 1. The molecule has 2 rings (SSSR count). The number of halogens is 2. The van der Waals surface area contributed by atoms with Crippen molar-refractivity contribution < 1.29 is 4.74 Å². The molecule has 1 aliphatic rings. The predicted octanol–water partition coefficient (Wildman–Crippen LogP) is 2.76. The third-order valence-electron chi connectivity index (χ3n) is 2.26. The molecule has 0 bridgehead atoms. The molecule has 76 valence electrons. The van der Waals surface area contributed by atoms with Crippen LogP contribution in [0.3, 0.4) is 0 Å². The van der Waals surface area contributed by atoms with E-state index in [9.17, 15) is 0 Å². The Bertz CT molecular complexity index is 326. The topological polar surface area (TPSA) is 21.3 Å². The number of nitrogens with one attached hydrogen (secondary N) is 1. The Labute approximate surface area is 96.7 Å². The van der Waals surface area contributed by atoms with E-state index in [0.29, 0.717) is 6.61 Å². The smallest absolute Gasteiger partial charge is 0.0662 e. The molecule has 14 heavy (non-hydrogen) atoms. The van der Waals surface area contributed by atoms with E-state index in [1.165, 1.54) is 0 Å². The number of rotatable bonds is 1. The van der Waals surface area contributed by atoms with E-state index in [4.69, 9.17) is 16.3 Å². The van der Waals surface area contributed by atoms with Crippen LogP contribution in [0.1, 0.15) is 11.6 Å². The zero-order valence-corrected chi connectivity index (χ0v) is 9.94. The van der Waals surface area contributed by atoms with Gasteiger partial charge in [0.15, 0.2) is 0 Å². The minimum absolute atomic E-state index is 0.216. The second kappa shape index (κ2) is 4.62. The van der Waals surface area contributed by atoms with Crippen LogP contribution in [0, 0.1) is 0 Å². The van der Waals surface area contributed by atoms with Crippen molar-refractivity contribution >= 4 is 27.5 Å². The third-order valence-corrected chi connectivity index (χ3v) is 3.09. The molecule has 0 radical (unpaired) electrons. The van der Waals surface area contributed by atoms with Crippen molar-refractivity contribution in [2.24, 2.45) is 0 Å². The Morgan fingerprint density at radius 1 is 1.50 bits per heavy atom. The van der Waals surface area contributed by atoms with Crippen LogP contribution < -0.4 is 5.32 Å². The van der Waals surface area contributed by atoms with Gasteiger partial charge in [-0.1, -0.05) is 27.5 Å². The van der Waals surface area contributed by atoms with E-state index < -0.39 is 0 Å². The highest BCUT2D eigenvalue weighted by Crippen LogP contribution is 2.27. The average molecular weight is 277 g/mol. The molecule has 2 nitrogen and oxygen atoms in total. The molecular formula is C10H11BrClNO. The lowest BCUT2D eigenvalue weighted by Gasteiger charge is -2.25. The molecule has 1 heterocycles. The van der Waals surface area contributed by atoms with Gasteiger partial charge in [0.25, 0.3) is 0 Å². The van der Waals surface area contributed by atoms with Gasteiger partial charge in [0.1, 0.15) is 0 Å². The predicted molar refractivity (Wildman–Crippen MR) is 60.7 cm³/mol. The largest absolute Gasteiger partial charge is 0.378 e. The second-order valence-corrected chi connectivity index (χ2v) is 4.57. The molecule has 0 aromatic heterocycles. The van der Waals surface area contributed by atoms with Crippen molar-refractivity contribution in [3.8, 4) is 0 Å². The van der Waals surface area contributed by atoms with Crippen molar-refractivity contribution in [3.63, 3.8) is 0 Å². The van der Waals surface area contributed by atoms with Gasteiger partial charge in [-0.15, -0.1) is 0 Å². The number of hydrogen-bond acceptors (Lipinski definition) is 2. The SMILES string of the molecule is Clc1ccc(Br)cc1C1COCCN1. The molecule has 1 aromatic rings. The van der Waals surface area contributed by atoms with Crippen molar-refractivity contribution in [2.45, 2.75) is 6.04 Å². The summed E-state index contributed by atoms with van der Waals surface area (Å²) in [5.41, 5.74) is 1.10. The minimum Gasteiger partial charge on any atom is -0.378 e. The molecule has 1 unspecified atom stereocenters. The van der Waals surface area contributed by atoms with E-state index >= 15 is 0 Å². The van der Waals surface area contributed by atoms with Crippen LogP contribution in [0.2, 0.25) is 5.02 Å². The molecule has 1 aliphatic heterocycles. The summed E-state index contributed by atoms with van der Waals surface area (Å²) in [5.74, 6) is 0. The minimum atomic E-state index is 0.216. The first-order valence-corrected chi connectivity index (χ1v) is 5.70. The molecule has 1 saturated heterocycles. The normalized spacial score (nSPS) is 22.3. The monoisotopic (exact) mass is 275 g/mol. The van der Waals surface area contributed by atoms with Gasteiger partial charge in [0.05, 0.1) is 19.3 Å². The summed E-state index contributed by atoms with van der Waals surface area (Å²) in [5, 5.41) is 4.16. The highest BCUT2D eigenvalue weighted by atomic mass is 79.9. The quantitative estimate of drug-likeness (QED) is 0.852. The second-order valence-electron chi connectivity index (χ2n) is 3.25. The van der Waals surface area contributed by atoms with Gasteiger partial charge in [-0.2, -0.15) is 0 Å². The molecule has 1 fully saturated rings. The molecule has 1 N–H and O–H groups in total. The van der Waals surface area contributed by atoms with E-state index in [1.807, 2.05) is 18.2 Å². The average Bonchev–Trinajstić information content (AvgIpc) is 2.23. The Kier molecular flexibility index (Phi) is 3.44. The van der Waals surface area contributed by atoms with E-state index in [-0.39, 0.29) is 6.04 Å². The van der Waals surface area contributed by atoms with Crippen molar-refractivity contribution in [1.29, 1.82) is 0 Å². The Morgan fingerprint density at radius 3 is 3.07 bits per heavy atom. The van der Waals surface area contributed by atoms with E-state index in [1.54, 1.807) is 0 Å². The summed E-state index contributed by atoms with van der Waals surface area (Å²) in [6.45, 7) is 2.35. The number of benzene rings is 1. The van der Waals surface area contributed by atoms with Gasteiger partial charge in [-0.05, 0) is 23.8 Å². The molecule has 0 spiro atoms. The fourth-order valence-corrected chi connectivity index (χ4v) is 2.17. The van der Waals surface area contributed by atoms with Crippen LogP contribution in [0.15, 0.2) is 22.7 Å². The molecule has 1 aromatic carbocycles. The fraction of sp³-hybridized carbons (Fsp3) is 0.400. The molecule has 4 heteroatoms. The molecular weight excluding hydrogens is 265 g/mol. The Balaban J connectivity index is 2.24. The van der Waals surface area contributed by atoms with Crippen molar-refractivity contribution in [1.82, 2.24) is 5.32 Å². The lowest BCUT2D eigenvalue weighted by atomic mass is 10.1. The number of morpholine rings is 1. The highest BCUT2D eigenvalue weighted by Gasteiger charge is 2.17. The van der Waals surface area contributed by atoms with Gasteiger partial charge >= 0.3 is 0 Å². The fourth-order valence-electron chi connectivity index (χ4n) is 1.55. The molecule has 1 atom stereocenters. The molecule has 0 aliphatic carbocycles. The van der Waals surface area contributed by atoms with Gasteiger partial charge in [0.2, 0.25) is 0 Å². The first-order chi connectivity index (χ1) is 6.77. The third kappa shape index (κ3) is 2.28. The summed E-state index contributed by atoms with van der Waals surface area (Å²) < 4.78 is 6.44. The van der Waals surface area contributed by atoms with Crippen LogP contribution in [-0.4, -0.2) is 19.8 Å². The van der Waals surface area contributed by atoms with Crippen LogP contribution in [-0.2, 0) is 4.74 Å². The first kappa shape index (κ1) is 10.4. The maximum Gasteiger partial charge on any atom is 0.0662 e. The van der Waals surface area contributed by atoms with Crippen LogP contribution in [0.4, 0.5) is 0 Å². The molecule has 0 amide bonds. The van der Waals surface area contributed by atoms with Crippen LogP contribution >= 0.6 is 27.5 Å². The maximum absolute atomic E-state index is 6.11. The van der Waals surface area contributed by atoms with Crippen LogP contribution in [0.5, 0.6) is 0 Å². The van der Waals surface area contributed by atoms with Crippen molar-refractivity contribution in [2.75, 3.05) is 19.8 Å². The lowest BCUT2D eigenvalue weighted by Crippen LogP contribution is -2.34. The summed E-state index contributed by atoms with van der Waals surface area (Å²) in [6, 6.07) is 6.09. The lowest BCUT2D eigenvalue weighted by molar-refractivity contribution is 0.0769. The summed E-state index contributed by atoms with van der Waals surface area (Å²) in [4.78, 5) is 0. The van der Waals surface area contributed by atoms with Gasteiger partial charge < -0.3 is 10.1 Å². The van der Waals surface area contributed by atoms with Crippen LogP contribution in [0.25, 0.3) is 0 Å². The van der Waals surface area contributed by atoms with E-state index in [2.05, 4.69) is 21.2 Å². The van der Waals surface area contributed by atoms with Gasteiger partial charge in [0, 0.05) is 16.0 Å². The first-order valence-electron chi connectivity index (χ1n) is 4.53. The van der Waals surface area contributed by atoms with Crippen molar-refractivity contribution in [3.05, 3.63) is 33.3 Å². The summed E-state index contributed by atoms with van der Waals surface area (Å²) in [7, 11) is 0. The van der Waals surface area contributed by atoms with Gasteiger partial charge in [-0.3, -0.25) is 0 Å². The summed E-state index contributed by atoms with van der Waals surface area (Å²) >= 11 is 9.55. The number of hydrogen-bond donors (Lipinski definition) is 1.